The van der Waals surface area contributed by atoms with Crippen LogP contribution in [0.3, 0.4) is 0 Å². The molecule has 3 N–H and O–H groups in total. The minimum absolute atomic E-state index is 0.0225. The lowest BCUT2D eigenvalue weighted by Gasteiger charge is -2.19. The van der Waals surface area contributed by atoms with Gasteiger partial charge in [-0.05, 0) is 39.0 Å². The van der Waals surface area contributed by atoms with Gasteiger partial charge in [0.05, 0.1) is 19.3 Å². The molecule has 1 aromatic rings. The Morgan fingerprint density at radius 1 is 1.41 bits per heavy atom. The Hall–Kier alpha value is -1.55. The van der Waals surface area contributed by atoms with Crippen LogP contribution in [0, 0.1) is 0 Å². The molecule has 1 aromatic carbocycles. The van der Waals surface area contributed by atoms with Crippen LogP contribution in [-0.4, -0.2) is 25.0 Å². The molecule has 0 spiro atoms. The van der Waals surface area contributed by atoms with Gasteiger partial charge in [0.15, 0.2) is 5.78 Å². The number of hydrogen-bond donors (Lipinski definition) is 2. The third kappa shape index (κ3) is 4.07. The molecule has 0 atom stereocenters. The summed E-state index contributed by atoms with van der Waals surface area (Å²) in [6.45, 7) is 6.35. The Morgan fingerprint density at radius 3 is 2.53 bits per heavy atom. The van der Waals surface area contributed by atoms with Crippen molar-refractivity contribution in [3.63, 3.8) is 0 Å². The van der Waals surface area contributed by atoms with E-state index < -0.39 is 0 Å². The maximum atomic E-state index is 11.9. The molecule has 4 heteroatoms. The van der Waals surface area contributed by atoms with E-state index >= 15 is 0 Å². The van der Waals surface area contributed by atoms with Gasteiger partial charge in [0.2, 0.25) is 0 Å². The number of benzene rings is 1. The molecule has 17 heavy (non-hydrogen) atoms. The number of nitrogen functional groups attached to an aromatic ring is 1. The van der Waals surface area contributed by atoms with Gasteiger partial charge < -0.3 is 15.8 Å². The first kappa shape index (κ1) is 13.5. The second-order valence-electron chi connectivity index (χ2n) is 4.98. The lowest BCUT2D eigenvalue weighted by Crippen LogP contribution is -2.39. The molecule has 1 rings (SSSR count). The Morgan fingerprint density at radius 2 is 2.06 bits per heavy atom. The van der Waals surface area contributed by atoms with Crippen LogP contribution < -0.4 is 15.8 Å². The van der Waals surface area contributed by atoms with Gasteiger partial charge in [0.25, 0.3) is 0 Å². The monoisotopic (exact) mass is 236 g/mol. The van der Waals surface area contributed by atoms with Gasteiger partial charge >= 0.3 is 0 Å². The van der Waals surface area contributed by atoms with Crippen LogP contribution in [-0.2, 0) is 0 Å². The number of Topliss-reactive ketones (excluding diaryl/α,β-unsaturated/α-hetero) is 1. The third-order valence-electron chi connectivity index (χ3n) is 2.33. The molecule has 0 bridgehead atoms. The maximum absolute atomic E-state index is 11.9. The molecule has 0 saturated heterocycles. The summed E-state index contributed by atoms with van der Waals surface area (Å²) in [7, 11) is 1.55. The summed E-state index contributed by atoms with van der Waals surface area (Å²) in [4.78, 5) is 11.9. The molecular weight excluding hydrogens is 216 g/mol. The summed E-state index contributed by atoms with van der Waals surface area (Å²) in [6, 6.07) is 5.08. The highest BCUT2D eigenvalue weighted by Crippen LogP contribution is 2.22. The summed E-state index contributed by atoms with van der Waals surface area (Å²) >= 11 is 0. The molecule has 0 aliphatic heterocycles. The van der Waals surface area contributed by atoms with Crippen molar-refractivity contribution >= 4 is 11.5 Å². The standard InChI is InChI=1S/C13H20N2O2/c1-13(2,3)15-8-11(16)9-5-6-12(17-4)10(14)7-9/h5-7,15H,8,14H2,1-4H3. The van der Waals surface area contributed by atoms with Crippen molar-refractivity contribution in [2.24, 2.45) is 0 Å². The van der Waals surface area contributed by atoms with Gasteiger partial charge in [-0.25, -0.2) is 0 Å². The second-order valence-corrected chi connectivity index (χ2v) is 4.98. The van der Waals surface area contributed by atoms with E-state index in [2.05, 4.69) is 5.32 Å². The molecule has 0 aliphatic rings. The van der Waals surface area contributed by atoms with Crippen molar-refractivity contribution in [1.82, 2.24) is 5.32 Å². The summed E-state index contributed by atoms with van der Waals surface area (Å²) in [5.41, 5.74) is 6.76. The minimum atomic E-state index is -0.0757. The number of ketones is 1. The summed E-state index contributed by atoms with van der Waals surface area (Å²) in [5, 5.41) is 3.15. The normalized spacial score (nSPS) is 11.3. The van der Waals surface area contributed by atoms with Crippen LogP contribution in [0.1, 0.15) is 31.1 Å². The van der Waals surface area contributed by atoms with Gasteiger partial charge in [-0.15, -0.1) is 0 Å². The summed E-state index contributed by atoms with van der Waals surface area (Å²) in [5.74, 6) is 0.611. The highest BCUT2D eigenvalue weighted by Gasteiger charge is 2.13. The number of nitrogens with two attached hydrogens (primary N) is 1. The Labute approximate surface area is 102 Å². The number of nitrogens with one attached hydrogen (secondary N) is 1. The Kier molecular flexibility index (Phi) is 4.12. The fraction of sp³-hybridized carbons (Fsp3) is 0.462. The zero-order valence-electron chi connectivity index (χ0n) is 10.8. The van der Waals surface area contributed by atoms with Crippen LogP contribution in [0.15, 0.2) is 18.2 Å². The van der Waals surface area contributed by atoms with E-state index in [0.29, 0.717) is 23.5 Å². The average Bonchev–Trinajstić information content (AvgIpc) is 2.24. The van der Waals surface area contributed by atoms with Gasteiger partial charge in [-0.3, -0.25) is 4.79 Å². The van der Waals surface area contributed by atoms with Crippen LogP contribution in [0.5, 0.6) is 5.75 Å². The first-order valence-corrected chi connectivity index (χ1v) is 5.55. The molecule has 0 unspecified atom stereocenters. The van der Waals surface area contributed by atoms with Crippen LogP contribution in [0.25, 0.3) is 0 Å². The highest BCUT2D eigenvalue weighted by molar-refractivity contribution is 5.98. The quantitative estimate of drug-likeness (QED) is 0.618. The molecular formula is C13H20N2O2. The molecule has 0 heterocycles. The zero-order valence-corrected chi connectivity index (χ0v) is 10.8. The number of ether oxygens (including phenoxy) is 1. The van der Waals surface area contributed by atoms with E-state index in [9.17, 15) is 4.79 Å². The lowest BCUT2D eigenvalue weighted by molar-refractivity contribution is 0.0982. The lowest BCUT2D eigenvalue weighted by atomic mass is 10.1. The highest BCUT2D eigenvalue weighted by atomic mass is 16.5. The minimum Gasteiger partial charge on any atom is -0.495 e. The number of hydrogen-bond acceptors (Lipinski definition) is 4. The van der Waals surface area contributed by atoms with Crippen LogP contribution >= 0.6 is 0 Å². The summed E-state index contributed by atoms with van der Waals surface area (Å²) < 4.78 is 5.04. The number of carbonyl (C=O) groups is 1. The van der Waals surface area contributed by atoms with Gasteiger partial charge in [-0.1, -0.05) is 0 Å². The predicted molar refractivity (Wildman–Crippen MR) is 69.5 cm³/mol. The first-order chi connectivity index (χ1) is 7.83. The largest absolute Gasteiger partial charge is 0.495 e. The predicted octanol–water partition coefficient (Wildman–Crippen LogP) is 1.85. The number of rotatable bonds is 4. The van der Waals surface area contributed by atoms with Crippen molar-refractivity contribution in [3.8, 4) is 5.75 Å². The van der Waals surface area contributed by atoms with Gasteiger partial charge in [0, 0.05) is 11.1 Å². The van der Waals surface area contributed by atoms with Gasteiger partial charge in [-0.2, -0.15) is 0 Å². The average molecular weight is 236 g/mol. The topological polar surface area (TPSA) is 64.3 Å². The molecule has 94 valence electrons. The fourth-order valence-corrected chi connectivity index (χ4v) is 1.36. The van der Waals surface area contributed by atoms with Crippen molar-refractivity contribution in [1.29, 1.82) is 0 Å². The molecule has 0 aromatic heterocycles. The Balaban J connectivity index is 2.73. The van der Waals surface area contributed by atoms with E-state index in [1.54, 1.807) is 25.3 Å². The van der Waals surface area contributed by atoms with Gasteiger partial charge in [0.1, 0.15) is 5.75 Å². The van der Waals surface area contributed by atoms with E-state index in [4.69, 9.17) is 10.5 Å². The van der Waals surface area contributed by atoms with Crippen molar-refractivity contribution in [3.05, 3.63) is 23.8 Å². The van der Waals surface area contributed by atoms with Crippen LogP contribution in [0.2, 0.25) is 0 Å². The fourth-order valence-electron chi connectivity index (χ4n) is 1.36. The van der Waals surface area contributed by atoms with E-state index in [1.807, 2.05) is 20.8 Å². The van der Waals surface area contributed by atoms with Crippen molar-refractivity contribution < 1.29 is 9.53 Å². The first-order valence-electron chi connectivity index (χ1n) is 5.55. The van der Waals surface area contributed by atoms with E-state index in [0.717, 1.165) is 0 Å². The molecule has 4 nitrogen and oxygen atoms in total. The van der Waals surface area contributed by atoms with Crippen LogP contribution in [0.4, 0.5) is 5.69 Å². The third-order valence-corrected chi connectivity index (χ3v) is 2.33. The molecule has 0 saturated carbocycles. The number of carbonyl (C=O) groups excluding carboxylic acids is 1. The SMILES string of the molecule is COc1ccc(C(=O)CNC(C)(C)C)cc1N. The van der Waals surface area contributed by atoms with E-state index in [-0.39, 0.29) is 11.3 Å². The maximum Gasteiger partial charge on any atom is 0.176 e. The smallest absolute Gasteiger partial charge is 0.176 e. The molecule has 0 radical (unpaired) electrons. The zero-order chi connectivity index (χ0) is 13.1. The van der Waals surface area contributed by atoms with E-state index in [1.165, 1.54) is 0 Å². The molecule has 0 aliphatic carbocycles. The summed E-state index contributed by atoms with van der Waals surface area (Å²) in [6.07, 6.45) is 0. The second kappa shape index (κ2) is 5.19. The number of methoxy groups -OCH3 is 1. The van der Waals surface area contributed by atoms with Crippen molar-refractivity contribution in [2.75, 3.05) is 19.4 Å². The number of anilines is 1. The van der Waals surface area contributed by atoms with Crippen molar-refractivity contribution in [2.45, 2.75) is 26.3 Å². The Bertz CT molecular complexity index is 408. The molecule has 0 fully saturated rings. The molecule has 0 amide bonds.